The Hall–Kier alpha value is -1.46. The molecule has 2 rings (SSSR count). The molecule has 2 N–H and O–H groups in total. The van der Waals surface area contributed by atoms with Crippen LogP contribution in [0.2, 0.25) is 5.02 Å². The van der Waals surface area contributed by atoms with Gasteiger partial charge in [0, 0.05) is 31.3 Å². The molecule has 2 amide bonds. The van der Waals surface area contributed by atoms with E-state index in [4.69, 9.17) is 20.5 Å². The Morgan fingerprint density at radius 2 is 2.21 bits per heavy atom. The van der Waals surface area contributed by atoms with Gasteiger partial charge < -0.3 is 19.6 Å². The van der Waals surface area contributed by atoms with Gasteiger partial charge in [-0.15, -0.1) is 0 Å². The molecule has 29 heavy (non-hydrogen) atoms. The zero-order valence-electron chi connectivity index (χ0n) is 16.0. The molecule has 1 aromatic rings. The summed E-state index contributed by atoms with van der Waals surface area (Å²) in [7, 11) is 0. The first-order chi connectivity index (χ1) is 13.4. The molecule has 0 saturated carbocycles. The van der Waals surface area contributed by atoms with E-state index in [0.29, 0.717) is 31.8 Å². The molecule has 162 valence electrons. The summed E-state index contributed by atoms with van der Waals surface area (Å²) in [4.78, 5) is 23.8. The van der Waals surface area contributed by atoms with E-state index in [1.54, 1.807) is 0 Å². The third-order valence-electron chi connectivity index (χ3n) is 3.62. The van der Waals surface area contributed by atoms with Crippen LogP contribution in [0, 0.1) is 5.82 Å². The maximum absolute atomic E-state index is 13.3. The molecule has 2 atom stereocenters. The molecule has 1 fully saturated rings. The lowest BCUT2D eigenvalue weighted by Crippen LogP contribution is -2.33. The summed E-state index contributed by atoms with van der Waals surface area (Å²) in [6, 6.07) is 3.72. The molecule has 0 bridgehead atoms. The van der Waals surface area contributed by atoms with Crippen LogP contribution in [0.4, 0.5) is 4.39 Å². The molecule has 0 aromatic heterocycles. The lowest BCUT2D eigenvalue weighted by Gasteiger charge is -2.10. The van der Waals surface area contributed by atoms with Gasteiger partial charge in [-0.25, -0.2) is 8.70 Å². The van der Waals surface area contributed by atoms with Crippen LogP contribution in [0.3, 0.4) is 0 Å². The number of nitrogens with zero attached hydrogens (tertiary/aromatic N) is 1. The number of hydrogen-bond donors (Lipinski definition) is 2. The summed E-state index contributed by atoms with van der Waals surface area (Å²) >= 11 is 6.78. The van der Waals surface area contributed by atoms with Crippen molar-refractivity contribution >= 4 is 49.1 Å². The minimum Gasteiger partial charge on any atom is -0.484 e. The van der Waals surface area contributed by atoms with Crippen molar-refractivity contribution < 1.29 is 22.9 Å². The average molecular weight is 466 g/mol. The van der Waals surface area contributed by atoms with E-state index in [2.05, 4.69) is 17.2 Å². The van der Waals surface area contributed by atoms with E-state index in [1.807, 2.05) is 11.2 Å². The number of carbonyl (C=O) groups is 2. The maximum atomic E-state index is 13.3. The van der Waals surface area contributed by atoms with Gasteiger partial charge in [0.15, 0.2) is 6.61 Å². The van der Waals surface area contributed by atoms with Crippen LogP contribution in [-0.4, -0.2) is 48.5 Å². The van der Waals surface area contributed by atoms with Crippen molar-refractivity contribution in [1.29, 1.82) is 0 Å². The lowest BCUT2D eigenvalue weighted by molar-refractivity contribution is -0.123. The summed E-state index contributed by atoms with van der Waals surface area (Å²) in [6.07, 6.45) is 1.31. The Morgan fingerprint density at radius 1 is 1.45 bits per heavy atom. The van der Waals surface area contributed by atoms with Crippen molar-refractivity contribution in [3.63, 3.8) is 0 Å². The topological polar surface area (TPSA) is 79.7 Å². The van der Waals surface area contributed by atoms with Crippen LogP contribution in [0.15, 0.2) is 30.5 Å². The Balaban J connectivity index is 0.00000420. The van der Waals surface area contributed by atoms with Crippen LogP contribution in [0.1, 0.15) is 19.8 Å². The molecule has 1 aliphatic rings. The first kappa shape index (κ1) is 25.6. The third kappa shape index (κ3) is 9.26. The van der Waals surface area contributed by atoms with Gasteiger partial charge in [-0.05, 0) is 18.6 Å². The van der Waals surface area contributed by atoms with Gasteiger partial charge >= 0.3 is 0 Å². The van der Waals surface area contributed by atoms with Crippen molar-refractivity contribution in [2.24, 2.45) is 0 Å². The Morgan fingerprint density at radius 3 is 2.90 bits per heavy atom. The average Bonchev–Trinajstić information content (AvgIpc) is 3.42. The zero-order valence-corrected chi connectivity index (χ0v) is 18.6. The van der Waals surface area contributed by atoms with Crippen LogP contribution in [0.25, 0.3) is 0 Å². The Labute approximate surface area is 186 Å². The monoisotopic (exact) mass is 465 g/mol. The number of benzene rings is 1. The number of nitrogens with one attached hydrogen (secondary N) is 2. The van der Waals surface area contributed by atoms with Crippen LogP contribution >= 0.6 is 37.3 Å². The first-order valence-electron chi connectivity index (χ1n) is 8.80. The molecule has 0 spiro atoms. The predicted octanol–water partition coefficient (Wildman–Crippen LogP) is 2.78. The van der Waals surface area contributed by atoms with Crippen molar-refractivity contribution in [1.82, 2.24) is 14.9 Å². The molecular formula is C18H25ClFN3O4S2. The maximum Gasteiger partial charge on any atom is 0.257 e. The van der Waals surface area contributed by atoms with Crippen molar-refractivity contribution in [2.45, 2.75) is 25.8 Å². The molecule has 0 radical (unpaired) electrons. The second kappa shape index (κ2) is 13.0. The van der Waals surface area contributed by atoms with E-state index in [0.717, 1.165) is 12.5 Å². The molecule has 2 unspecified atom stereocenters. The predicted molar refractivity (Wildman–Crippen MR) is 117 cm³/mol. The van der Waals surface area contributed by atoms with E-state index in [-0.39, 0.29) is 48.7 Å². The first-order valence-corrected chi connectivity index (χ1v) is 9.87. The summed E-state index contributed by atoms with van der Waals surface area (Å²) in [5.41, 5.74) is 0.511. The lowest BCUT2D eigenvalue weighted by atomic mass is 10.3. The quantitative estimate of drug-likeness (QED) is 0.214. The van der Waals surface area contributed by atoms with Gasteiger partial charge in [0.25, 0.3) is 5.91 Å². The van der Waals surface area contributed by atoms with Gasteiger partial charge in [-0.1, -0.05) is 25.1 Å². The van der Waals surface area contributed by atoms with Crippen LogP contribution < -0.4 is 15.4 Å². The standard InChI is InChI=1S/C18H23ClFN3O4S.H2S/c1-3-8-27-28-23-10-16(23)18(25)22-12(2)6-7-21-17(24)11-26-13-4-5-14(19)15(20)9-13;/h4-5,9,16H,2-3,6-8,10-11H2,1H3,(H,21,24)(H,22,25);1H2. The highest BCUT2D eigenvalue weighted by Crippen LogP contribution is 2.28. The fourth-order valence-corrected chi connectivity index (χ4v) is 2.94. The number of rotatable bonds is 12. The van der Waals surface area contributed by atoms with Crippen molar-refractivity contribution in [2.75, 3.05) is 26.3 Å². The van der Waals surface area contributed by atoms with Crippen LogP contribution in [0.5, 0.6) is 5.75 Å². The smallest absolute Gasteiger partial charge is 0.257 e. The zero-order chi connectivity index (χ0) is 20.5. The molecule has 0 aliphatic carbocycles. The van der Waals surface area contributed by atoms with Crippen molar-refractivity contribution in [3.8, 4) is 5.75 Å². The molecule has 11 heteroatoms. The highest BCUT2D eigenvalue weighted by atomic mass is 35.5. The van der Waals surface area contributed by atoms with Gasteiger partial charge in [-0.3, -0.25) is 9.59 Å². The third-order valence-corrected chi connectivity index (χ3v) is 4.79. The van der Waals surface area contributed by atoms with Gasteiger partial charge in [-0.2, -0.15) is 13.5 Å². The fraction of sp³-hybridized carbons (Fsp3) is 0.444. The highest BCUT2D eigenvalue weighted by molar-refractivity contribution is 7.92. The number of halogens is 2. The largest absolute Gasteiger partial charge is 0.484 e. The summed E-state index contributed by atoms with van der Waals surface area (Å²) in [6.45, 7) is 7.10. The number of carbonyl (C=O) groups excluding carboxylic acids is 2. The highest BCUT2D eigenvalue weighted by Gasteiger charge is 2.42. The molecule has 1 saturated heterocycles. The Kier molecular flexibility index (Phi) is 11.4. The van der Waals surface area contributed by atoms with Crippen molar-refractivity contribution in [3.05, 3.63) is 41.3 Å². The normalized spacial score (nSPS) is 17.1. The second-order valence-electron chi connectivity index (χ2n) is 6.07. The molecule has 1 heterocycles. The molecule has 1 aliphatic heterocycles. The number of hydrogen-bond acceptors (Lipinski definition) is 6. The fourth-order valence-electron chi connectivity index (χ4n) is 2.05. The minimum atomic E-state index is -0.615. The van der Waals surface area contributed by atoms with Crippen LogP contribution in [-0.2, 0) is 13.8 Å². The minimum absolute atomic E-state index is 0. The molecule has 1 aromatic carbocycles. The summed E-state index contributed by atoms with van der Waals surface area (Å²) in [5, 5.41) is 5.35. The SMILES string of the molecule is C=C(CCNC(=O)COc1ccc(Cl)c(F)c1)NC(=O)C1CN1SOCCC.S. The van der Waals surface area contributed by atoms with E-state index in [1.165, 1.54) is 24.4 Å². The van der Waals surface area contributed by atoms with Gasteiger partial charge in [0.1, 0.15) is 17.6 Å². The summed E-state index contributed by atoms with van der Waals surface area (Å²) < 4.78 is 25.6. The molecule has 7 nitrogen and oxygen atoms in total. The summed E-state index contributed by atoms with van der Waals surface area (Å²) in [5.74, 6) is -0.913. The number of amides is 2. The van der Waals surface area contributed by atoms with E-state index < -0.39 is 5.82 Å². The second-order valence-corrected chi connectivity index (χ2v) is 7.33. The van der Waals surface area contributed by atoms with E-state index >= 15 is 0 Å². The Bertz CT molecular complexity index is 726. The van der Waals surface area contributed by atoms with Gasteiger partial charge in [0.2, 0.25) is 5.91 Å². The molecular weight excluding hydrogens is 441 g/mol. The van der Waals surface area contributed by atoms with Gasteiger partial charge in [0.05, 0.1) is 23.9 Å². The van der Waals surface area contributed by atoms with E-state index in [9.17, 15) is 14.0 Å². The number of ether oxygens (including phenoxy) is 1.